The number of rotatable bonds is 14. The van der Waals surface area contributed by atoms with E-state index in [1.165, 1.54) is 12.1 Å². The van der Waals surface area contributed by atoms with Crippen LogP contribution in [0, 0.1) is 0 Å². The first kappa shape index (κ1) is 32.3. The molecule has 2 aromatic heterocycles. The molecule has 10 heteroatoms. The van der Waals surface area contributed by atoms with Gasteiger partial charge in [0, 0.05) is 24.0 Å². The Morgan fingerprint density at radius 1 is 0.587 bits per heavy atom. The van der Waals surface area contributed by atoms with Crippen LogP contribution in [0.3, 0.4) is 0 Å². The van der Waals surface area contributed by atoms with Gasteiger partial charge in [-0.05, 0) is 73.5 Å². The molecule has 0 bridgehead atoms. The summed E-state index contributed by atoms with van der Waals surface area (Å²) < 4.78 is 21.8. The van der Waals surface area contributed by atoms with Gasteiger partial charge in [0.2, 0.25) is 11.8 Å². The van der Waals surface area contributed by atoms with Crippen LogP contribution in [0.25, 0.3) is 44.7 Å². The van der Waals surface area contributed by atoms with Crippen molar-refractivity contribution >= 4 is 33.7 Å². The molecule has 0 atom stereocenters. The van der Waals surface area contributed by atoms with Crippen LogP contribution in [0.5, 0.6) is 11.5 Å². The minimum atomic E-state index is -0.617. The highest BCUT2D eigenvalue weighted by atomic mass is 16.5. The third-order valence-corrected chi connectivity index (χ3v) is 7.51. The minimum Gasteiger partial charge on any atom is -0.427 e. The highest BCUT2D eigenvalue weighted by molar-refractivity contribution is 5.83. The lowest BCUT2D eigenvalue weighted by molar-refractivity contribution is -0.135. The summed E-state index contributed by atoms with van der Waals surface area (Å²) in [7, 11) is 0. The topological polar surface area (TPSA) is 139 Å². The number of carbonyl (C=O) groups is 2. The van der Waals surface area contributed by atoms with E-state index in [9.17, 15) is 19.2 Å². The number of esters is 2. The molecule has 46 heavy (non-hydrogen) atoms. The second kappa shape index (κ2) is 15.2. The summed E-state index contributed by atoms with van der Waals surface area (Å²) in [5.74, 6) is 0.0346. The number of hydrogen-bond acceptors (Lipinski definition) is 10. The van der Waals surface area contributed by atoms with Crippen molar-refractivity contribution in [2.75, 3.05) is 0 Å². The van der Waals surface area contributed by atoms with Crippen LogP contribution in [0.4, 0.5) is 0 Å². The Kier molecular flexibility index (Phi) is 10.7. The van der Waals surface area contributed by atoms with E-state index in [0.717, 1.165) is 51.4 Å². The Morgan fingerprint density at radius 2 is 1.00 bits per heavy atom. The second-order valence-corrected chi connectivity index (χ2v) is 11.1. The van der Waals surface area contributed by atoms with Crippen LogP contribution >= 0.6 is 0 Å². The van der Waals surface area contributed by atoms with E-state index >= 15 is 0 Å². The van der Waals surface area contributed by atoms with Crippen LogP contribution in [0.15, 0.2) is 79.1 Å². The van der Waals surface area contributed by atoms with Crippen LogP contribution < -0.4 is 20.7 Å². The summed E-state index contributed by atoms with van der Waals surface area (Å²) in [4.78, 5) is 58.9. The maximum Gasteiger partial charge on any atom is 0.347 e. The zero-order valence-corrected chi connectivity index (χ0v) is 26.0. The third kappa shape index (κ3) is 8.12. The maximum absolute atomic E-state index is 12.8. The molecule has 0 spiro atoms. The van der Waals surface area contributed by atoms with Gasteiger partial charge in [-0.15, -0.1) is 0 Å². The van der Waals surface area contributed by atoms with Gasteiger partial charge < -0.3 is 18.3 Å². The SMILES string of the molecule is CCCCCCC(=O)Oc1ccc2nc(-c3ccc(-c4nc5ccc(OC(=O)CCCCCC)cc5c(=O)o4)cc3)oc(=O)c2c1. The summed E-state index contributed by atoms with van der Waals surface area (Å²) in [5, 5.41) is 0.396. The van der Waals surface area contributed by atoms with Crippen molar-refractivity contribution in [3.05, 3.63) is 81.5 Å². The van der Waals surface area contributed by atoms with Gasteiger partial charge in [-0.3, -0.25) is 9.59 Å². The van der Waals surface area contributed by atoms with E-state index in [4.69, 9.17) is 18.3 Å². The van der Waals surface area contributed by atoms with Crippen molar-refractivity contribution in [1.82, 2.24) is 9.97 Å². The molecule has 10 nitrogen and oxygen atoms in total. The molecule has 0 unspecified atom stereocenters. The number of nitrogens with zero attached hydrogens (tertiary/aromatic N) is 2. The Bertz CT molecular complexity index is 1820. The standard InChI is InChI=1S/C36H36N2O8/c1-3-5-7-9-11-31(39)43-25-17-19-29-27(21-25)35(41)45-33(37-29)23-13-15-24(16-14-23)34-38-30-20-18-26(22-28(30)36(42)46-34)44-32(40)12-10-8-6-4-2/h13-22H,3-12H2,1-2H3. The fraction of sp³-hybridized carbons (Fsp3) is 0.333. The van der Waals surface area contributed by atoms with Gasteiger partial charge in [0.05, 0.1) is 21.8 Å². The van der Waals surface area contributed by atoms with E-state index in [-0.39, 0.29) is 46.0 Å². The van der Waals surface area contributed by atoms with Crippen LogP contribution in [0.1, 0.15) is 78.1 Å². The molecule has 0 saturated carbocycles. The monoisotopic (exact) mass is 624 g/mol. The number of benzene rings is 3. The third-order valence-electron chi connectivity index (χ3n) is 7.51. The van der Waals surface area contributed by atoms with Gasteiger partial charge in [-0.1, -0.05) is 52.4 Å². The lowest BCUT2D eigenvalue weighted by Gasteiger charge is -2.07. The van der Waals surface area contributed by atoms with Crippen molar-refractivity contribution in [2.24, 2.45) is 0 Å². The number of hydrogen-bond donors (Lipinski definition) is 0. The molecule has 5 rings (SSSR count). The summed E-state index contributed by atoms with van der Waals surface area (Å²) >= 11 is 0. The lowest BCUT2D eigenvalue weighted by Crippen LogP contribution is -2.09. The lowest BCUT2D eigenvalue weighted by atomic mass is 10.1. The van der Waals surface area contributed by atoms with Crippen molar-refractivity contribution in [3.8, 4) is 34.4 Å². The molecule has 0 N–H and O–H groups in total. The highest BCUT2D eigenvalue weighted by Gasteiger charge is 2.15. The molecule has 0 aliphatic carbocycles. The van der Waals surface area contributed by atoms with E-state index in [1.807, 2.05) is 0 Å². The first-order valence-corrected chi connectivity index (χ1v) is 15.8. The van der Waals surface area contributed by atoms with Gasteiger partial charge in [0.15, 0.2) is 0 Å². The van der Waals surface area contributed by atoms with Crippen LogP contribution in [-0.2, 0) is 9.59 Å². The summed E-state index contributed by atoms with van der Waals surface area (Å²) in [6.45, 7) is 4.21. The smallest absolute Gasteiger partial charge is 0.347 e. The molecule has 2 heterocycles. The predicted octanol–water partition coefficient (Wildman–Crippen LogP) is 7.78. The van der Waals surface area contributed by atoms with E-state index in [1.54, 1.807) is 48.5 Å². The molecule has 0 fully saturated rings. The predicted molar refractivity (Wildman–Crippen MR) is 174 cm³/mol. The number of unbranched alkanes of at least 4 members (excludes halogenated alkanes) is 6. The Balaban J connectivity index is 1.29. The quantitative estimate of drug-likeness (QED) is 0.0684. The minimum absolute atomic E-state index is 0.102. The van der Waals surface area contributed by atoms with E-state index < -0.39 is 11.3 Å². The normalized spacial score (nSPS) is 11.2. The number of aromatic nitrogens is 2. The Morgan fingerprint density at radius 3 is 1.39 bits per heavy atom. The van der Waals surface area contributed by atoms with Crippen molar-refractivity contribution < 1.29 is 27.9 Å². The summed E-state index contributed by atoms with van der Waals surface area (Å²) in [6.07, 6.45) is 8.37. The first-order valence-electron chi connectivity index (χ1n) is 15.8. The van der Waals surface area contributed by atoms with E-state index in [2.05, 4.69) is 23.8 Å². The first-order chi connectivity index (χ1) is 22.3. The molecule has 3 aromatic carbocycles. The van der Waals surface area contributed by atoms with Gasteiger partial charge >= 0.3 is 23.2 Å². The molecule has 238 valence electrons. The van der Waals surface area contributed by atoms with Gasteiger partial charge in [0.1, 0.15) is 11.5 Å². The molecular formula is C36H36N2O8. The Labute approximate surface area is 265 Å². The molecule has 5 aromatic rings. The van der Waals surface area contributed by atoms with Crippen molar-refractivity contribution in [3.63, 3.8) is 0 Å². The molecule has 0 saturated heterocycles. The Hall–Kier alpha value is -5.12. The largest absolute Gasteiger partial charge is 0.427 e. The molecule has 0 aliphatic heterocycles. The molecule has 0 aliphatic rings. The average Bonchev–Trinajstić information content (AvgIpc) is 3.05. The summed E-state index contributed by atoms with van der Waals surface area (Å²) in [5.41, 5.74) is 0.593. The van der Waals surface area contributed by atoms with Gasteiger partial charge in [-0.2, -0.15) is 0 Å². The van der Waals surface area contributed by atoms with Crippen LogP contribution in [-0.4, -0.2) is 21.9 Å². The summed E-state index contributed by atoms with van der Waals surface area (Å²) in [6, 6.07) is 16.0. The molecule has 0 amide bonds. The zero-order chi connectivity index (χ0) is 32.5. The number of ether oxygens (including phenoxy) is 2. The molecule has 0 radical (unpaired) electrons. The highest BCUT2D eigenvalue weighted by Crippen LogP contribution is 2.26. The fourth-order valence-corrected chi connectivity index (χ4v) is 4.99. The maximum atomic E-state index is 12.8. The van der Waals surface area contributed by atoms with Gasteiger partial charge in [-0.25, -0.2) is 19.6 Å². The van der Waals surface area contributed by atoms with Crippen molar-refractivity contribution in [2.45, 2.75) is 78.1 Å². The van der Waals surface area contributed by atoms with E-state index in [0.29, 0.717) is 35.0 Å². The number of fused-ring (bicyclic) bond motifs is 2. The fourth-order valence-electron chi connectivity index (χ4n) is 4.99. The second-order valence-electron chi connectivity index (χ2n) is 11.1. The average molecular weight is 625 g/mol. The molecular weight excluding hydrogens is 588 g/mol. The van der Waals surface area contributed by atoms with Gasteiger partial charge in [0.25, 0.3) is 0 Å². The van der Waals surface area contributed by atoms with Crippen molar-refractivity contribution in [1.29, 1.82) is 0 Å². The zero-order valence-electron chi connectivity index (χ0n) is 26.0. The number of carbonyl (C=O) groups excluding carboxylic acids is 2. The van der Waals surface area contributed by atoms with Crippen LogP contribution in [0.2, 0.25) is 0 Å².